The molecule has 0 saturated carbocycles. The number of hydrogen-bond donors (Lipinski definition) is 0. The molecule has 34 valence electrons. The topological polar surface area (TPSA) is 0 Å². The maximum atomic E-state index is 2.24. The molecular formula is C4H11PZn. The standard InChI is InChI=1S/C4H11P.Zn/c1-3-4-5-2;/h5H,3-4H2,1-2H3;. The predicted octanol–water partition coefficient (Wildman–Crippen LogP) is 1.70. The van der Waals surface area contributed by atoms with Gasteiger partial charge in [0.15, 0.2) is 0 Å². The van der Waals surface area contributed by atoms with E-state index < -0.39 is 0 Å². The zero-order chi connectivity index (χ0) is 4.12. The van der Waals surface area contributed by atoms with Crippen LogP contribution in [0.5, 0.6) is 0 Å². The van der Waals surface area contributed by atoms with Crippen LogP contribution in [0, 0.1) is 0 Å². The van der Waals surface area contributed by atoms with Gasteiger partial charge >= 0.3 is 0 Å². The molecule has 0 aliphatic rings. The summed E-state index contributed by atoms with van der Waals surface area (Å²) in [6.07, 6.45) is 2.77. The fourth-order valence-electron chi connectivity index (χ4n) is 0.250. The SMILES string of the molecule is CCCPC.[Zn]. The van der Waals surface area contributed by atoms with Gasteiger partial charge in [-0.1, -0.05) is 13.3 Å². The first-order valence-electron chi connectivity index (χ1n) is 2.06. The van der Waals surface area contributed by atoms with Crippen molar-refractivity contribution in [3.8, 4) is 0 Å². The van der Waals surface area contributed by atoms with Crippen LogP contribution < -0.4 is 0 Å². The Bertz CT molecular complexity index is 15.0. The fraction of sp³-hybridized carbons (Fsp3) is 1.00. The van der Waals surface area contributed by atoms with Gasteiger partial charge in [0.2, 0.25) is 0 Å². The van der Waals surface area contributed by atoms with Crippen LogP contribution in [-0.4, -0.2) is 12.8 Å². The van der Waals surface area contributed by atoms with Crippen LogP contribution in [0.25, 0.3) is 0 Å². The van der Waals surface area contributed by atoms with E-state index in [1.54, 1.807) is 0 Å². The summed E-state index contributed by atoms with van der Waals surface area (Å²) < 4.78 is 0. The van der Waals surface area contributed by atoms with E-state index in [1.165, 1.54) is 12.6 Å². The van der Waals surface area contributed by atoms with Crippen LogP contribution in [0.3, 0.4) is 0 Å². The Morgan fingerprint density at radius 2 is 2.00 bits per heavy atom. The fourth-order valence-corrected chi connectivity index (χ4v) is 0.750. The molecule has 0 amide bonds. The summed E-state index contributed by atoms with van der Waals surface area (Å²) in [6, 6.07) is 0. The summed E-state index contributed by atoms with van der Waals surface area (Å²) in [5.74, 6) is 0. The molecule has 0 N–H and O–H groups in total. The van der Waals surface area contributed by atoms with Crippen molar-refractivity contribution in [3.05, 3.63) is 0 Å². The molecule has 1 unspecified atom stereocenters. The van der Waals surface area contributed by atoms with Crippen molar-refractivity contribution in [3.63, 3.8) is 0 Å². The van der Waals surface area contributed by atoms with Gasteiger partial charge in [-0.2, -0.15) is 0 Å². The van der Waals surface area contributed by atoms with E-state index in [9.17, 15) is 0 Å². The van der Waals surface area contributed by atoms with Gasteiger partial charge in [0, 0.05) is 19.5 Å². The third-order valence-corrected chi connectivity index (χ3v) is 1.50. The Balaban J connectivity index is 0. The second-order valence-corrected chi connectivity index (χ2v) is 2.31. The second kappa shape index (κ2) is 9.41. The molecular weight excluding hydrogens is 144 g/mol. The van der Waals surface area contributed by atoms with Gasteiger partial charge < -0.3 is 0 Å². The van der Waals surface area contributed by atoms with E-state index >= 15 is 0 Å². The molecule has 1 atom stereocenters. The summed E-state index contributed by atoms with van der Waals surface area (Å²) in [6.45, 7) is 4.46. The minimum absolute atomic E-state index is 0. The maximum absolute atomic E-state index is 2.24. The Morgan fingerprint density at radius 3 is 2.00 bits per heavy atom. The molecule has 0 nitrogen and oxygen atoms in total. The van der Waals surface area contributed by atoms with Crippen LogP contribution in [0.15, 0.2) is 0 Å². The summed E-state index contributed by atoms with van der Waals surface area (Å²) in [4.78, 5) is 0. The largest absolute Gasteiger partial charge is 0.125 e. The molecule has 0 aromatic heterocycles. The minimum Gasteiger partial charge on any atom is -0.125 e. The second-order valence-electron chi connectivity index (χ2n) is 1.10. The third-order valence-electron chi connectivity index (χ3n) is 0.500. The van der Waals surface area contributed by atoms with Crippen molar-refractivity contribution < 1.29 is 19.5 Å². The molecule has 0 radical (unpaired) electrons. The molecule has 0 aromatic carbocycles. The molecule has 6 heavy (non-hydrogen) atoms. The van der Waals surface area contributed by atoms with Crippen molar-refractivity contribution >= 4 is 8.58 Å². The molecule has 0 aliphatic heterocycles. The summed E-state index contributed by atoms with van der Waals surface area (Å²) in [7, 11) is 1.16. The van der Waals surface area contributed by atoms with E-state index in [0.29, 0.717) is 0 Å². The maximum Gasteiger partial charge on any atom is 0 e. The van der Waals surface area contributed by atoms with Gasteiger partial charge in [-0.25, -0.2) is 0 Å². The first kappa shape index (κ1) is 10.1. The van der Waals surface area contributed by atoms with Gasteiger partial charge in [0.1, 0.15) is 0 Å². The van der Waals surface area contributed by atoms with Crippen LogP contribution in [0.1, 0.15) is 13.3 Å². The van der Waals surface area contributed by atoms with E-state index in [0.717, 1.165) is 8.58 Å². The first-order valence-corrected chi connectivity index (χ1v) is 3.77. The van der Waals surface area contributed by atoms with Crippen LogP contribution in [-0.2, 0) is 19.5 Å². The van der Waals surface area contributed by atoms with Crippen molar-refractivity contribution in [1.29, 1.82) is 0 Å². The molecule has 0 spiro atoms. The zero-order valence-corrected chi connectivity index (χ0v) is 8.59. The normalized spacial score (nSPS) is 9.00. The molecule has 0 fully saturated rings. The van der Waals surface area contributed by atoms with E-state index in [4.69, 9.17) is 0 Å². The number of hydrogen-bond acceptors (Lipinski definition) is 0. The van der Waals surface area contributed by atoms with Gasteiger partial charge in [-0.05, 0) is 12.8 Å². The molecule has 0 saturated heterocycles. The van der Waals surface area contributed by atoms with E-state index in [2.05, 4.69) is 13.6 Å². The Morgan fingerprint density at radius 1 is 1.50 bits per heavy atom. The minimum atomic E-state index is 0. The van der Waals surface area contributed by atoms with Gasteiger partial charge in [-0.3, -0.25) is 0 Å². The Hall–Kier alpha value is 1.05. The zero-order valence-electron chi connectivity index (χ0n) is 4.62. The van der Waals surface area contributed by atoms with Crippen LogP contribution >= 0.6 is 8.58 Å². The Labute approximate surface area is 54.6 Å². The monoisotopic (exact) mass is 154 g/mol. The molecule has 0 bridgehead atoms. The quantitative estimate of drug-likeness (QED) is 0.421. The average molecular weight is 155 g/mol. The van der Waals surface area contributed by atoms with Gasteiger partial charge in [0.05, 0.1) is 0 Å². The molecule has 2 heteroatoms. The van der Waals surface area contributed by atoms with Gasteiger partial charge in [0.25, 0.3) is 0 Å². The molecule has 0 heterocycles. The number of rotatable bonds is 2. The Kier molecular flexibility index (Phi) is 15.9. The summed E-state index contributed by atoms with van der Waals surface area (Å²) in [5, 5.41) is 0. The van der Waals surface area contributed by atoms with Crippen molar-refractivity contribution in [1.82, 2.24) is 0 Å². The first-order chi connectivity index (χ1) is 2.41. The van der Waals surface area contributed by atoms with E-state index in [-0.39, 0.29) is 19.5 Å². The molecule has 0 aromatic rings. The summed E-state index contributed by atoms with van der Waals surface area (Å²) >= 11 is 0. The third kappa shape index (κ3) is 8.91. The van der Waals surface area contributed by atoms with Crippen molar-refractivity contribution in [2.24, 2.45) is 0 Å². The van der Waals surface area contributed by atoms with Crippen LogP contribution in [0.2, 0.25) is 0 Å². The average Bonchev–Trinajstić information content (AvgIpc) is 1.41. The van der Waals surface area contributed by atoms with Crippen molar-refractivity contribution in [2.45, 2.75) is 13.3 Å². The molecule has 0 aliphatic carbocycles. The summed E-state index contributed by atoms with van der Waals surface area (Å²) in [5.41, 5.74) is 0. The smallest absolute Gasteiger partial charge is 0 e. The molecule has 0 rings (SSSR count). The predicted molar refractivity (Wildman–Crippen MR) is 29.4 cm³/mol. The van der Waals surface area contributed by atoms with Gasteiger partial charge in [-0.15, -0.1) is 8.58 Å². The van der Waals surface area contributed by atoms with E-state index in [1.807, 2.05) is 0 Å². The van der Waals surface area contributed by atoms with Crippen molar-refractivity contribution in [2.75, 3.05) is 12.8 Å². The van der Waals surface area contributed by atoms with Crippen LogP contribution in [0.4, 0.5) is 0 Å².